The van der Waals surface area contributed by atoms with Crippen molar-refractivity contribution in [2.45, 2.75) is 32.6 Å². The number of carbonyl (C=O) groups excluding carboxylic acids is 1. The monoisotopic (exact) mass is 276 g/mol. The Bertz CT molecular complexity index is 428. The van der Waals surface area contributed by atoms with E-state index in [1.807, 2.05) is 24.3 Å². The number of hydrogen-bond acceptors (Lipinski definition) is 3. The van der Waals surface area contributed by atoms with Gasteiger partial charge in [0.1, 0.15) is 5.75 Å². The van der Waals surface area contributed by atoms with E-state index in [0.29, 0.717) is 6.61 Å². The summed E-state index contributed by atoms with van der Waals surface area (Å²) in [5.74, 6) is 0.911. The zero-order valence-electron chi connectivity index (χ0n) is 12.2. The molecule has 1 atom stereocenters. The van der Waals surface area contributed by atoms with Crippen molar-refractivity contribution in [3.05, 3.63) is 24.3 Å². The van der Waals surface area contributed by atoms with Crippen LogP contribution in [-0.4, -0.2) is 25.6 Å². The van der Waals surface area contributed by atoms with E-state index in [0.717, 1.165) is 50.2 Å². The van der Waals surface area contributed by atoms with Gasteiger partial charge in [0.25, 0.3) is 0 Å². The number of anilines is 1. The summed E-state index contributed by atoms with van der Waals surface area (Å²) in [7, 11) is 0. The quantitative estimate of drug-likeness (QED) is 0.786. The Balaban J connectivity index is 1.95. The molecule has 1 aromatic rings. The average Bonchev–Trinajstić information content (AvgIpc) is 2.50. The Morgan fingerprint density at radius 1 is 1.45 bits per heavy atom. The Kier molecular flexibility index (Phi) is 5.87. The number of amides is 1. The first kappa shape index (κ1) is 14.9. The van der Waals surface area contributed by atoms with Gasteiger partial charge in [0, 0.05) is 6.54 Å². The Labute approximate surface area is 120 Å². The molecule has 1 amide bonds. The van der Waals surface area contributed by atoms with Crippen molar-refractivity contribution >= 4 is 11.6 Å². The van der Waals surface area contributed by atoms with E-state index in [1.54, 1.807) is 0 Å². The molecule has 1 aliphatic heterocycles. The maximum absolute atomic E-state index is 12.2. The molecule has 0 radical (unpaired) electrons. The molecule has 1 unspecified atom stereocenters. The number of carbonyl (C=O) groups is 1. The van der Waals surface area contributed by atoms with Gasteiger partial charge in [-0.1, -0.05) is 25.5 Å². The van der Waals surface area contributed by atoms with Gasteiger partial charge in [0.2, 0.25) is 5.91 Å². The van der Waals surface area contributed by atoms with E-state index < -0.39 is 0 Å². The van der Waals surface area contributed by atoms with Crippen molar-refractivity contribution in [1.29, 1.82) is 0 Å². The van der Waals surface area contributed by atoms with E-state index in [-0.39, 0.29) is 11.8 Å². The van der Waals surface area contributed by atoms with Gasteiger partial charge in [-0.25, -0.2) is 0 Å². The van der Waals surface area contributed by atoms with E-state index in [4.69, 9.17) is 4.74 Å². The van der Waals surface area contributed by atoms with Crippen LogP contribution in [0.25, 0.3) is 0 Å². The highest BCUT2D eigenvalue weighted by molar-refractivity contribution is 5.94. The predicted octanol–water partition coefficient (Wildman–Crippen LogP) is 2.80. The number of unbranched alkanes of at least 4 members (excludes halogenated alkanes) is 1. The molecule has 0 saturated carbocycles. The van der Waals surface area contributed by atoms with Crippen molar-refractivity contribution in [3.63, 3.8) is 0 Å². The second-order valence-electron chi connectivity index (χ2n) is 5.23. The second-order valence-corrected chi connectivity index (χ2v) is 5.23. The summed E-state index contributed by atoms with van der Waals surface area (Å²) in [6, 6.07) is 7.65. The summed E-state index contributed by atoms with van der Waals surface area (Å²) >= 11 is 0. The van der Waals surface area contributed by atoms with Gasteiger partial charge in [-0.2, -0.15) is 0 Å². The third-order valence-corrected chi connectivity index (χ3v) is 3.57. The van der Waals surface area contributed by atoms with Crippen LogP contribution in [0.15, 0.2) is 24.3 Å². The van der Waals surface area contributed by atoms with Gasteiger partial charge in [-0.15, -0.1) is 0 Å². The van der Waals surface area contributed by atoms with E-state index in [2.05, 4.69) is 17.6 Å². The van der Waals surface area contributed by atoms with Crippen molar-refractivity contribution in [2.75, 3.05) is 25.0 Å². The van der Waals surface area contributed by atoms with Crippen LogP contribution in [0.3, 0.4) is 0 Å². The summed E-state index contributed by atoms with van der Waals surface area (Å²) in [5, 5.41) is 6.27. The number of hydrogen-bond donors (Lipinski definition) is 2. The Hall–Kier alpha value is -1.55. The minimum Gasteiger partial charge on any atom is -0.491 e. The van der Waals surface area contributed by atoms with E-state index >= 15 is 0 Å². The lowest BCUT2D eigenvalue weighted by molar-refractivity contribution is -0.120. The summed E-state index contributed by atoms with van der Waals surface area (Å²) < 4.78 is 5.74. The van der Waals surface area contributed by atoms with E-state index in [1.165, 1.54) is 0 Å². The molecule has 1 fully saturated rings. The van der Waals surface area contributed by atoms with Crippen LogP contribution < -0.4 is 15.4 Å². The molecule has 1 heterocycles. The zero-order valence-corrected chi connectivity index (χ0v) is 12.2. The number of benzene rings is 1. The largest absolute Gasteiger partial charge is 0.491 e. The van der Waals surface area contributed by atoms with Crippen LogP contribution in [0.1, 0.15) is 32.6 Å². The van der Waals surface area contributed by atoms with Gasteiger partial charge in [0.15, 0.2) is 0 Å². The molecule has 110 valence electrons. The molecule has 0 spiro atoms. The van der Waals surface area contributed by atoms with Crippen LogP contribution >= 0.6 is 0 Å². The smallest absolute Gasteiger partial charge is 0.228 e. The number of ether oxygens (including phenoxy) is 1. The fourth-order valence-electron chi connectivity index (χ4n) is 2.33. The molecule has 0 bridgehead atoms. The number of nitrogens with one attached hydrogen (secondary N) is 2. The molecular weight excluding hydrogens is 252 g/mol. The minimum absolute atomic E-state index is 0.0625. The minimum atomic E-state index is 0.0625. The Morgan fingerprint density at radius 3 is 3.05 bits per heavy atom. The maximum atomic E-state index is 12.2. The van der Waals surface area contributed by atoms with Crippen LogP contribution in [0.2, 0.25) is 0 Å². The summed E-state index contributed by atoms with van der Waals surface area (Å²) in [6.07, 6.45) is 4.14. The molecule has 1 aromatic carbocycles. The first-order valence-electron chi connectivity index (χ1n) is 7.54. The third-order valence-electron chi connectivity index (χ3n) is 3.57. The molecule has 2 rings (SSSR count). The van der Waals surface area contributed by atoms with Crippen LogP contribution in [-0.2, 0) is 4.79 Å². The zero-order chi connectivity index (χ0) is 14.2. The number of para-hydroxylation sites is 2. The van der Waals surface area contributed by atoms with Gasteiger partial charge in [-0.05, 0) is 37.9 Å². The first-order valence-corrected chi connectivity index (χ1v) is 7.54. The van der Waals surface area contributed by atoms with Crippen molar-refractivity contribution in [3.8, 4) is 5.75 Å². The summed E-state index contributed by atoms with van der Waals surface area (Å²) in [4.78, 5) is 12.2. The highest BCUT2D eigenvalue weighted by Crippen LogP contribution is 2.25. The van der Waals surface area contributed by atoms with Crippen LogP contribution in [0.4, 0.5) is 5.69 Å². The van der Waals surface area contributed by atoms with Crippen LogP contribution in [0, 0.1) is 5.92 Å². The number of piperidine rings is 1. The fraction of sp³-hybridized carbons (Fsp3) is 0.562. The van der Waals surface area contributed by atoms with Gasteiger partial charge in [-0.3, -0.25) is 4.79 Å². The Morgan fingerprint density at radius 2 is 2.30 bits per heavy atom. The normalized spacial score (nSPS) is 18.6. The maximum Gasteiger partial charge on any atom is 0.228 e. The standard InChI is InChI=1S/C16H24N2O2/c1-2-3-11-20-15-9-5-4-8-14(15)18-16(19)13-7-6-10-17-12-13/h4-5,8-9,13,17H,2-3,6-7,10-12H2,1H3,(H,18,19). The van der Waals surface area contributed by atoms with Crippen molar-refractivity contribution in [2.24, 2.45) is 5.92 Å². The predicted molar refractivity (Wildman–Crippen MR) is 81.1 cm³/mol. The van der Waals surface area contributed by atoms with Gasteiger partial charge >= 0.3 is 0 Å². The summed E-state index contributed by atoms with van der Waals surface area (Å²) in [5.41, 5.74) is 0.777. The summed E-state index contributed by atoms with van der Waals surface area (Å²) in [6.45, 7) is 4.60. The van der Waals surface area contributed by atoms with Crippen molar-refractivity contribution < 1.29 is 9.53 Å². The molecule has 4 nitrogen and oxygen atoms in total. The first-order chi connectivity index (χ1) is 9.81. The lowest BCUT2D eigenvalue weighted by Gasteiger charge is -2.22. The molecule has 0 aromatic heterocycles. The third kappa shape index (κ3) is 4.23. The highest BCUT2D eigenvalue weighted by Gasteiger charge is 2.21. The molecular formula is C16H24N2O2. The molecule has 2 N–H and O–H groups in total. The SMILES string of the molecule is CCCCOc1ccccc1NC(=O)C1CCCNC1. The molecule has 20 heavy (non-hydrogen) atoms. The fourth-order valence-corrected chi connectivity index (χ4v) is 2.33. The van der Waals surface area contributed by atoms with E-state index in [9.17, 15) is 4.79 Å². The van der Waals surface area contributed by atoms with Crippen LogP contribution in [0.5, 0.6) is 5.75 Å². The molecule has 1 saturated heterocycles. The lowest BCUT2D eigenvalue weighted by Crippen LogP contribution is -2.37. The topological polar surface area (TPSA) is 50.4 Å². The molecule has 0 aliphatic carbocycles. The lowest BCUT2D eigenvalue weighted by atomic mass is 9.99. The van der Waals surface area contributed by atoms with Gasteiger partial charge in [0.05, 0.1) is 18.2 Å². The molecule has 4 heteroatoms. The highest BCUT2D eigenvalue weighted by atomic mass is 16.5. The average molecular weight is 276 g/mol. The number of rotatable bonds is 6. The second kappa shape index (κ2) is 7.90. The van der Waals surface area contributed by atoms with Gasteiger partial charge < -0.3 is 15.4 Å². The van der Waals surface area contributed by atoms with Crippen molar-refractivity contribution in [1.82, 2.24) is 5.32 Å². The molecule has 1 aliphatic rings.